The molecule has 1 N–H and O–H groups in total. The summed E-state index contributed by atoms with van der Waals surface area (Å²) in [6.07, 6.45) is -1.90. The van der Waals surface area contributed by atoms with E-state index in [4.69, 9.17) is 5.11 Å². The molecule has 1 aromatic rings. The molecule has 1 unspecified atom stereocenters. The lowest BCUT2D eigenvalue weighted by atomic mass is 10.0. The quantitative estimate of drug-likeness (QED) is 0.845. The molecule has 16 heavy (non-hydrogen) atoms. The fraction of sp³-hybridized carbons (Fsp3) is 0.700. The van der Waals surface area contributed by atoms with Crippen LogP contribution < -0.4 is 0 Å². The highest BCUT2D eigenvalue weighted by molar-refractivity contribution is 5.16. The third-order valence-electron chi connectivity index (χ3n) is 2.86. The molecule has 0 aromatic carbocycles. The van der Waals surface area contributed by atoms with E-state index in [-0.39, 0.29) is 0 Å². The van der Waals surface area contributed by atoms with Crippen molar-refractivity contribution in [3.63, 3.8) is 0 Å². The molecular weight excluding hydrogens is 221 g/mol. The zero-order valence-corrected chi connectivity index (χ0v) is 8.67. The number of nitrogens with zero attached hydrogens (tertiary/aromatic N) is 2. The lowest BCUT2D eigenvalue weighted by Crippen LogP contribution is -2.33. The number of hydrogen-bond acceptors (Lipinski definition) is 2. The van der Waals surface area contributed by atoms with E-state index < -0.39 is 18.8 Å². The number of aliphatic hydroxyl groups is 1. The average molecular weight is 234 g/mol. The van der Waals surface area contributed by atoms with Gasteiger partial charge in [0.05, 0.1) is 18.6 Å². The second kappa shape index (κ2) is 4.08. The third kappa shape index (κ3) is 2.21. The normalized spacial score (nSPS) is 18.2. The van der Waals surface area contributed by atoms with Gasteiger partial charge in [-0.25, -0.2) is 4.98 Å². The summed E-state index contributed by atoms with van der Waals surface area (Å²) < 4.78 is 38.0. The Bertz CT molecular complexity index is 373. The van der Waals surface area contributed by atoms with Crippen molar-refractivity contribution in [1.82, 2.24) is 9.55 Å². The van der Waals surface area contributed by atoms with Gasteiger partial charge in [0.2, 0.25) is 0 Å². The molecule has 0 fully saturated rings. The van der Waals surface area contributed by atoms with Crippen molar-refractivity contribution in [3.05, 3.63) is 17.7 Å². The van der Waals surface area contributed by atoms with Crippen LogP contribution in [0.25, 0.3) is 0 Å². The van der Waals surface area contributed by atoms with Gasteiger partial charge in [-0.1, -0.05) is 0 Å². The first kappa shape index (κ1) is 11.4. The first-order valence-corrected chi connectivity index (χ1v) is 5.26. The van der Waals surface area contributed by atoms with E-state index in [9.17, 15) is 13.2 Å². The number of halogens is 3. The maximum atomic E-state index is 12.2. The Morgan fingerprint density at radius 1 is 1.38 bits per heavy atom. The predicted octanol–water partition coefficient (Wildman–Crippen LogP) is 1.69. The van der Waals surface area contributed by atoms with Crippen LogP contribution in [-0.4, -0.2) is 26.9 Å². The summed E-state index contributed by atoms with van der Waals surface area (Å²) in [4.78, 5) is 4.08. The zero-order chi connectivity index (χ0) is 11.8. The molecule has 1 atom stereocenters. The van der Waals surface area contributed by atoms with E-state index in [1.807, 2.05) is 0 Å². The maximum Gasteiger partial charge on any atom is 0.416 e. The molecule has 0 radical (unpaired) electrons. The van der Waals surface area contributed by atoms with E-state index in [2.05, 4.69) is 4.98 Å². The molecular formula is C10H13F3N2O. The highest BCUT2D eigenvalue weighted by Gasteiger charge is 2.38. The molecule has 0 spiro atoms. The standard InChI is InChI=1S/C10H13F3N2O/c11-10(12,13)9(16)5-15-6-14-7-3-1-2-4-8(7)15/h6,9,16H,1-5H2. The minimum Gasteiger partial charge on any atom is -0.382 e. The van der Waals surface area contributed by atoms with Crippen molar-refractivity contribution in [2.45, 2.75) is 44.5 Å². The number of aryl methyl sites for hydroxylation is 1. The predicted molar refractivity (Wildman–Crippen MR) is 50.9 cm³/mol. The summed E-state index contributed by atoms with van der Waals surface area (Å²) >= 11 is 0. The van der Waals surface area contributed by atoms with Crippen LogP contribution in [0.3, 0.4) is 0 Å². The van der Waals surface area contributed by atoms with Gasteiger partial charge in [-0.15, -0.1) is 0 Å². The van der Waals surface area contributed by atoms with E-state index in [1.54, 1.807) is 0 Å². The number of aromatic nitrogens is 2. The SMILES string of the molecule is OC(Cn1cnc2c1CCCC2)C(F)(F)F. The summed E-state index contributed by atoms with van der Waals surface area (Å²) in [6.45, 7) is -0.453. The monoisotopic (exact) mass is 234 g/mol. The minimum atomic E-state index is -4.56. The number of aliphatic hydroxyl groups excluding tert-OH is 1. The summed E-state index contributed by atoms with van der Waals surface area (Å²) in [5, 5.41) is 8.99. The lowest BCUT2D eigenvalue weighted by Gasteiger charge is -2.18. The number of hydrogen-bond donors (Lipinski definition) is 1. The lowest BCUT2D eigenvalue weighted by molar-refractivity contribution is -0.207. The number of alkyl halides is 3. The molecule has 0 amide bonds. The summed E-state index contributed by atoms with van der Waals surface area (Å²) in [6, 6.07) is 0. The largest absolute Gasteiger partial charge is 0.416 e. The van der Waals surface area contributed by atoms with Gasteiger partial charge in [0.15, 0.2) is 6.10 Å². The van der Waals surface area contributed by atoms with Gasteiger partial charge in [-0.3, -0.25) is 0 Å². The number of fused-ring (bicyclic) bond motifs is 1. The average Bonchev–Trinajstić information content (AvgIpc) is 2.61. The molecule has 1 heterocycles. The van der Waals surface area contributed by atoms with Gasteiger partial charge in [0.1, 0.15) is 0 Å². The van der Waals surface area contributed by atoms with E-state index >= 15 is 0 Å². The van der Waals surface area contributed by atoms with Crippen LogP contribution >= 0.6 is 0 Å². The second-order valence-corrected chi connectivity index (χ2v) is 4.05. The molecule has 3 nitrogen and oxygen atoms in total. The molecule has 1 aromatic heterocycles. The molecule has 0 bridgehead atoms. The second-order valence-electron chi connectivity index (χ2n) is 4.05. The number of imidazole rings is 1. The summed E-state index contributed by atoms with van der Waals surface area (Å²) in [7, 11) is 0. The Kier molecular flexibility index (Phi) is 2.92. The fourth-order valence-electron chi connectivity index (χ4n) is 1.98. The van der Waals surface area contributed by atoms with Gasteiger partial charge in [0.25, 0.3) is 0 Å². The van der Waals surface area contributed by atoms with Crippen molar-refractivity contribution in [2.24, 2.45) is 0 Å². The summed E-state index contributed by atoms with van der Waals surface area (Å²) in [5.74, 6) is 0. The Balaban J connectivity index is 2.13. The van der Waals surface area contributed by atoms with Crippen molar-refractivity contribution in [1.29, 1.82) is 0 Å². The van der Waals surface area contributed by atoms with Gasteiger partial charge < -0.3 is 9.67 Å². The van der Waals surface area contributed by atoms with Gasteiger partial charge >= 0.3 is 6.18 Å². The van der Waals surface area contributed by atoms with Crippen molar-refractivity contribution in [3.8, 4) is 0 Å². The minimum absolute atomic E-state index is 0.453. The highest BCUT2D eigenvalue weighted by atomic mass is 19.4. The Labute approximate surface area is 90.9 Å². The van der Waals surface area contributed by atoms with E-state index in [0.29, 0.717) is 0 Å². The van der Waals surface area contributed by atoms with E-state index in [0.717, 1.165) is 37.1 Å². The zero-order valence-electron chi connectivity index (χ0n) is 8.67. The topological polar surface area (TPSA) is 38.0 Å². The first-order chi connectivity index (χ1) is 7.48. The van der Waals surface area contributed by atoms with E-state index in [1.165, 1.54) is 10.9 Å². The smallest absolute Gasteiger partial charge is 0.382 e. The fourth-order valence-corrected chi connectivity index (χ4v) is 1.98. The van der Waals surface area contributed by atoms with Crippen molar-refractivity contribution >= 4 is 0 Å². The molecule has 0 aliphatic heterocycles. The molecule has 6 heteroatoms. The van der Waals surface area contributed by atoms with Crippen LogP contribution in [0.1, 0.15) is 24.2 Å². The maximum absolute atomic E-state index is 12.2. The van der Waals surface area contributed by atoms with Gasteiger partial charge in [-0.05, 0) is 25.7 Å². The molecule has 1 aliphatic rings. The molecule has 1 aliphatic carbocycles. The summed E-state index contributed by atoms with van der Waals surface area (Å²) in [5.41, 5.74) is 1.72. The van der Waals surface area contributed by atoms with Crippen LogP contribution in [0.4, 0.5) is 13.2 Å². The number of rotatable bonds is 2. The Hall–Kier alpha value is -1.04. The van der Waals surface area contributed by atoms with Crippen LogP contribution in [0.15, 0.2) is 6.33 Å². The molecule has 0 saturated heterocycles. The van der Waals surface area contributed by atoms with Gasteiger partial charge in [0, 0.05) is 5.69 Å². The van der Waals surface area contributed by atoms with Crippen LogP contribution in [0, 0.1) is 0 Å². The molecule has 0 saturated carbocycles. The van der Waals surface area contributed by atoms with Gasteiger partial charge in [-0.2, -0.15) is 13.2 Å². The van der Waals surface area contributed by atoms with Crippen LogP contribution in [0.5, 0.6) is 0 Å². The van der Waals surface area contributed by atoms with Crippen molar-refractivity contribution < 1.29 is 18.3 Å². The first-order valence-electron chi connectivity index (χ1n) is 5.26. The Morgan fingerprint density at radius 3 is 2.75 bits per heavy atom. The Morgan fingerprint density at radius 2 is 2.06 bits per heavy atom. The van der Waals surface area contributed by atoms with Crippen LogP contribution in [-0.2, 0) is 19.4 Å². The molecule has 90 valence electrons. The highest BCUT2D eigenvalue weighted by Crippen LogP contribution is 2.24. The van der Waals surface area contributed by atoms with Crippen molar-refractivity contribution in [2.75, 3.05) is 0 Å². The molecule has 2 rings (SSSR count). The third-order valence-corrected chi connectivity index (χ3v) is 2.86. The van der Waals surface area contributed by atoms with Crippen LogP contribution in [0.2, 0.25) is 0 Å².